The maximum absolute atomic E-state index is 11.6. The molecule has 1 saturated carbocycles. The summed E-state index contributed by atoms with van der Waals surface area (Å²) in [7, 11) is 0. The molecular weight excluding hydrogens is 348 g/mol. The van der Waals surface area contributed by atoms with Crippen molar-refractivity contribution in [2.75, 3.05) is 0 Å². The molecule has 148 valence electrons. The molecule has 2 aromatic carbocycles. The van der Waals surface area contributed by atoms with E-state index in [1.807, 2.05) is 30.3 Å². The molecule has 1 aliphatic carbocycles. The van der Waals surface area contributed by atoms with Gasteiger partial charge in [0.2, 0.25) is 0 Å². The molecule has 0 radical (unpaired) electrons. The minimum atomic E-state index is -0.274. The minimum Gasteiger partial charge on any atom is -0.426 e. The van der Waals surface area contributed by atoms with Gasteiger partial charge in [-0.3, -0.25) is 9.59 Å². The monoisotopic (exact) mass is 378 g/mol. The second kappa shape index (κ2) is 8.30. The maximum Gasteiger partial charge on any atom is 0.308 e. The highest BCUT2D eigenvalue weighted by Crippen LogP contribution is 2.41. The van der Waals surface area contributed by atoms with Crippen molar-refractivity contribution < 1.29 is 14.3 Å². The number of hydrogen-bond acceptors (Lipinski definition) is 3. The van der Waals surface area contributed by atoms with Crippen LogP contribution in [0.2, 0.25) is 0 Å². The van der Waals surface area contributed by atoms with Crippen molar-refractivity contribution in [2.24, 2.45) is 0 Å². The summed E-state index contributed by atoms with van der Waals surface area (Å²) in [6.07, 6.45) is 6.03. The van der Waals surface area contributed by atoms with E-state index in [1.165, 1.54) is 31.7 Å². The van der Waals surface area contributed by atoms with Crippen molar-refractivity contribution in [2.45, 2.75) is 71.1 Å². The normalized spacial score (nSPS) is 15.3. The first-order valence-electron chi connectivity index (χ1n) is 10.2. The first-order chi connectivity index (χ1) is 13.3. The highest BCUT2D eigenvalue weighted by molar-refractivity contribution is 5.94. The lowest BCUT2D eigenvalue weighted by atomic mass is 9.75. The summed E-state index contributed by atoms with van der Waals surface area (Å²) >= 11 is 0. The summed E-state index contributed by atoms with van der Waals surface area (Å²) in [5, 5.41) is 0. The maximum atomic E-state index is 11.6. The number of ether oxygens (including phenoxy) is 1. The number of esters is 1. The lowest BCUT2D eigenvalue weighted by Gasteiger charge is -2.30. The number of hydrogen-bond donors (Lipinski definition) is 0. The van der Waals surface area contributed by atoms with E-state index in [2.05, 4.69) is 26.0 Å². The zero-order valence-corrected chi connectivity index (χ0v) is 17.4. The van der Waals surface area contributed by atoms with Crippen LogP contribution in [0.1, 0.15) is 92.8 Å². The van der Waals surface area contributed by atoms with E-state index in [4.69, 9.17) is 4.74 Å². The molecule has 0 aromatic heterocycles. The molecule has 0 amide bonds. The molecule has 28 heavy (non-hydrogen) atoms. The van der Waals surface area contributed by atoms with Crippen LogP contribution >= 0.6 is 0 Å². The molecule has 0 saturated heterocycles. The molecule has 0 unspecified atom stereocenters. The predicted octanol–water partition coefficient (Wildman–Crippen LogP) is 6.19. The van der Waals surface area contributed by atoms with E-state index in [9.17, 15) is 9.59 Å². The summed E-state index contributed by atoms with van der Waals surface area (Å²) in [6.45, 7) is 7.44. The number of rotatable bonds is 5. The summed E-state index contributed by atoms with van der Waals surface area (Å²) in [6, 6.07) is 14.1. The van der Waals surface area contributed by atoms with Crippen molar-refractivity contribution in [3.63, 3.8) is 0 Å². The third-order valence-electron chi connectivity index (χ3n) is 6.04. The second-order valence-electron chi connectivity index (χ2n) is 8.44. The fourth-order valence-corrected chi connectivity index (χ4v) is 4.21. The lowest BCUT2D eigenvalue weighted by molar-refractivity contribution is -0.131. The van der Waals surface area contributed by atoms with E-state index >= 15 is 0 Å². The SMILES string of the molecule is CC(=O)Oc1ccc(C(C)(C)c2ccc(C(C)=O)cc2)cc1C1CCCCC1. The van der Waals surface area contributed by atoms with Gasteiger partial charge in [-0.2, -0.15) is 0 Å². The van der Waals surface area contributed by atoms with Gasteiger partial charge in [0.1, 0.15) is 5.75 Å². The van der Waals surface area contributed by atoms with E-state index < -0.39 is 0 Å². The number of Topliss-reactive ketones (excluding diaryl/α,β-unsaturated/α-hetero) is 1. The van der Waals surface area contributed by atoms with Gasteiger partial charge < -0.3 is 4.74 Å². The van der Waals surface area contributed by atoms with Gasteiger partial charge in [0.15, 0.2) is 5.78 Å². The Hall–Kier alpha value is -2.42. The smallest absolute Gasteiger partial charge is 0.308 e. The Bertz CT molecular complexity index is 856. The van der Waals surface area contributed by atoms with Crippen LogP contribution in [0.3, 0.4) is 0 Å². The van der Waals surface area contributed by atoms with Crippen LogP contribution < -0.4 is 4.74 Å². The number of carbonyl (C=O) groups is 2. The highest BCUT2D eigenvalue weighted by atomic mass is 16.5. The number of benzene rings is 2. The van der Waals surface area contributed by atoms with E-state index in [0.29, 0.717) is 11.7 Å². The molecule has 0 heterocycles. The summed E-state index contributed by atoms with van der Waals surface area (Å²) in [4.78, 5) is 23.2. The van der Waals surface area contributed by atoms with Gasteiger partial charge in [0.25, 0.3) is 0 Å². The average Bonchev–Trinajstić information content (AvgIpc) is 2.68. The Balaban J connectivity index is 1.99. The Morgan fingerprint density at radius 3 is 2.07 bits per heavy atom. The molecule has 3 rings (SSSR count). The molecule has 0 atom stereocenters. The minimum absolute atomic E-state index is 0.0784. The van der Waals surface area contributed by atoms with Gasteiger partial charge in [0.05, 0.1) is 0 Å². The van der Waals surface area contributed by atoms with Crippen molar-refractivity contribution in [3.05, 3.63) is 64.7 Å². The van der Waals surface area contributed by atoms with Gasteiger partial charge in [-0.05, 0) is 48.4 Å². The Labute approximate surface area is 168 Å². The molecular formula is C25H30O3. The summed E-state index contributed by atoms with van der Waals surface area (Å²) < 4.78 is 5.54. The fourth-order valence-electron chi connectivity index (χ4n) is 4.21. The Morgan fingerprint density at radius 2 is 1.50 bits per heavy atom. The second-order valence-corrected chi connectivity index (χ2v) is 8.44. The molecule has 1 aliphatic rings. The van der Waals surface area contributed by atoms with Crippen molar-refractivity contribution in [1.29, 1.82) is 0 Å². The first kappa shape index (κ1) is 20.3. The van der Waals surface area contributed by atoms with Gasteiger partial charge in [0, 0.05) is 17.9 Å². The number of carbonyl (C=O) groups excluding carboxylic acids is 2. The molecule has 3 heteroatoms. The first-order valence-corrected chi connectivity index (χ1v) is 10.2. The molecule has 0 N–H and O–H groups in total. The van der Waals surface area contributed by atoms with Crippen LogP contribution in [0.25, 0.3) is 0 Å². The molecule has 0 aliphatic heterocycles. The zero-order valence-electron chi connectivity index (χ0n) is 17.4. The van der Waals surface area contributed by atoms with Crippen LogP contribution in [0.4, 0.5) is 0 Å². The van der Waals surface area contributed by atoms with Crippen molar-refractivity contribution in [3.8, 4) is 5.75 Å². The molecule has 1 fully saturated rings. The van der Waals surface area contributed by atoms with Crippen LogP contribution in [0, 0.1) is 0 Å². The van der Waals surface area contributed by atoms with Crippen LogP contribution in [0.15, 0.2) is 42.5 Å². The fraction of sp³-hybridized carbons (Fsp3) is 0.440. The molecule has 2 aromatic rings. The third kappa shape index (κ3) is 4.35. The van der Waals surface area contributed by atoms with Crippen molar-refractivity contribution in [1.82, 2.24) is 0 Å². The third-order valence-corrected chi connectivity index (χ3v) is 6.04. The van der Waals surface area contributed by atoms with Crippen LogP contribution in [-0.2, 0) is 10.2 Å². The highest BCUT2D eigenvalue weighted by Gasteiger charge is 2.27. The van der Waals surface area contributed by atoms with E-state index in [0.717, 1.165) is 29.5 Å². The zero-order chi connectivity index (χ0) is 20.3. The predicted molar refractivity (Wildman–Crippen MR) is 112 cm³/mol. The Morgan fingerprint density at radius 1 is 0.893 bits per heavy atom. The van der Waals surface area contributed by atoms with Gasteiger partial charge in [-0.25, -0.2) is 0 Å². The largest absolute Gasteiger partial charge is 0.426 e. The van der Waals surface area contributed by atoms with Crippen LogP contribution in [-0.4, -0.2) is 11.8 Å². The van der Waals surface area contributed by atoms with Gasteiger partial charge >= 0.3 is 5.97 Å². The van der Waals surface area contributed by atoms with Crippen LogP contribution in [0.5, 0.6) is 5.75 Å². The van der Waals surface area contributed by atoms with Crippen molar-refractivity contribution >= 4 is 11.8 Å². The number of ketones is 1. The topological polar surface area (TPSA) is 43.4 Å². The molecule has 0 spiro atoms. The molecule has 3 nitrogen and oxygen atoms in total. The summed E-state index contributed by atoms with van der Waals surface area (Å²) in [5.74, 6) is 0.948. The van der Waals surface area contributed by atoms with E-state index in [1.54, 1.807) is 6.92 Å². The standard InChI is InChI=1S/C25H30O3/c1-17(26)19-10-12-21(13-11-19)25(3,4)22-14-15-24(28-18(2)27)23(16-22)20-8-6-5-7-9-20/h10-16,20H,5-9H2,1-4H3. The van der Waals surface area contributed by atoms with Gasteiger partial charge in [-0.15, -0.1) is 0 Å². The quantitative estimate of drug-likeness (QED) is 0.354. The Kier molecular flexibility index (Phi) is 6.02. The van der Waals surface area contributed by atoms with Gasteiger partial charge in [-0.1, -0.05) is 69.5 Å². The average molecular weight is 379 g/mol. The summed E-state index contributed by atoms with van der Waals surface area (Å²) in [5.41, 5.74) is 4.02. The van der Waals surface area contributed by atoms with E-state index in [-0.39, 0.29) is 17.2 Å². The lowest BCUT2D eigenvalue weighted by Crippen LogP contribution is -2.20. The molecule has 0 bridgehead atoms.